The van der Waals surface area contributed by atoms with Crippen molar-refractivity contribution in [1.82, 2.24) is 4.72 Å². The van der Waals surface area contributed by atoms with Gasteiger partial charge in [-0.05, 0) is 31.5 Å². The Morgan fingerprint density at radius 3 is 2.76 bits per heavy atom. The molecule has 2 unspecified atom stereocenters. The van der Waals surface area contributed by atoms with E-state index < -0.39 is 32.7 Å². The number of ether oxygens (including phenoxy) is 2. The van der Waals surface area contributed by atoms with Crippen LogP contribution < -0.4 is 4.72 Å². The summed E-state index contributed by atoms with van der Waals surface area (Å²) < 4.78 is 50.4. The summed E-state index contributed by atoms with van der Waals surface area (Å²) >= 11 is 0. The second-order valence-corrected chi connectivity index (χ2v) is 6.41. The van der Waals surface area contributed by atoms with E-state index in [9.17, 15) is 17.6 Å². The van der Waals surface area contributed by atoms with E-state index in [1.807, 2.05) is 0 Å². The topological polar surface area (TPSA) is 81.7 Å². The van der Waals surface area contributed by atoms with E-state index in [-0.39, 0.29) is 11.7 Å². The largest absolute Gasteiger partial charge is 0.465 e. The lowest BCUT2D eigenvalue weighted by molar-refractivity contribution is 0.0596. The van der Waals surface area contributed by atoms with E-state index >= 15 is 0 Å². The molecular weight excluding hydrogens is 301 g/mol. The van der Waals surface area contributed by atoms with Crippen molar-refractivity contribution in [1.29, 1.82) is 0 Å². The fourth-order valence-corrected chi connectivity index (χ4v) is 3.69. The maximum absolute atomic E-state index is 13.4. The van der Waals surface area contributed by atoms with Gasteiger partial charge in [-0.3, -0.25) is 0 Å². The first kappa shape index (κ1) is 15.9. The van der Waals surface area contributed by atoms with Crippen LogP contribution in [0.15, 0.2) is 23.1 Å². The minimum atomic E-state index is -4.06. The van der Waals surface area contributed by atoms with Gasteiger partial charge in [-0.15, -0.1) is 0 Å². The number of carbonyl (C=O) groups excluding carboxylic acids is 1. The monoisotopic (exact) mass is 317 g/mol. The molecule has 1 saturated heterocycles. The second kappa shape index (κ2) is 6.08. The Balaban J connectivity index is 2.39. The summed E-state index contributed by atoms with van der Waals surface area (Å²) in [6, 6.07) is 2.48. The Morgan fingerprint density at radius 2 is 2.19 bits per heavy atom. The second-order valence-electron chi connectivity index (χ2n) is 4.72. The Labute approximate surface area is 122 Å². The highest BCUT2D eigenvalue weighted by Gasteiger charge is 2.31. The summed E-state index contributed by atoms with van der Waals surface area (Å²) in [5, 5.41) is 0. The fourth-order valence-electron chi connectivity index (χ4n) is 2.15. The molecule has 21 heavy (non-hydrogen) atoms. The lowest BCUT2D eigenvalue weighted by atomic mass is 10.2. The molecule has 0 spiro atoms. The van der Waals surface area contributed by atoms with Crippen molar-refractivity contribution in [3.8, 4) is 0 Å². The number of sulfonamides is 1. The van der Waals surface area contributed by atoms with Gasteiger partial charge in [-0.1, -0.05) is 0 Å². The van der Waals surface area contributed by atoms with Gasteiger partial charge in [0, 0.05) is 6.61 Å². The predicted octanol–water partition coefficient (Wildman–Crippen LogP) is 1.07. The molecule has 0 bridgehead atoms. The molecule has 0 aliphatic carbocycles. The lowest BCUT2D eigenvalue weighted by Crippen LogP contribution is -2.39. The average molecular weight is 317 g/mol. The molecule has 1 aromatic carbocycles. The third-order valence-corrected chi connectivity index (χ3v) is 4.85. The summed E-state index contributed by atoms with van der Waals surface area (Å²) in [7, 11) is -2.93. The van der Waals surface area contributed by atoms with Crippen LogP contribution in [0.3, 0.4) is 0 Å². The van der Waals surface area contributed by atoms with E-state index in [2.05, 4.69) is 9.46 Å². The number of benzene rings is 1. The van der Waals surface area contributed by atoms with Gasteiger partial charge in [0.05, 0.1) is 29.7 Å². The van der Waals surface area contributed by atoms with Crippen LogP contribution in [0.1, 0.15) is 23.7 Å². The highest BCUT2D eigenvalue weighted by Crippen LogP contribution is 2.21. The number of methoxy groups -OCH3 is 1. The van der Waals surface area contributed by atoms with Crippen molar-refractivity contribution in [3.63, 3.8) is 0 Å². The number of hydrogen-bond acceptors (Lipinski definition) is 5. The third kappa shape index (κ3) is 3.39. The summed E-state index contributed by atoms with van der Waals surface area (Å²) in [4.78, 5) is 11.2. The standard InChI is InChI=1S/C13H16FNO5S/c1-8-11(5-6-20-8)15-21(17,18)12-7-9(14)3-4-10(12)13(16)19-2/h3-4,7-8,11,15H,5-6H2,1-2H3. The highest BCUT2D eigenvalue weighted by molar-refractivity contribution is 7.89. The maximum atomic E-state index is 13.4. The molecule has 0 amide bonds. The van der Waals surface area contributed by atoms with Crippen LogP contribution in [-0.2, 0) is 19.5 Å². The van der Waals surface area contributed by atoms with Crippen molar-refractivity contribution >= 4 is 16.0 Å². The number of halogens is 1. The van der Waals surface area contributed by atoms with Crippen molar-refractivity contribution in [2.24, 2.45) is 0 Å². The molecule has 2 atom stereocenters. The summed E-state index contributed by atoms with van der Waals surface area (Å²) in [5.74, 6) is -1.59. The quantitative estimate of drug-likeness (QED) is 0.840. The van der Waals surface area contributed by atoms with E-state index in [4.69, 9.17) is 4.74 Å². The van der Waals surface area contributed by atoms with E-state index in [1.165, 1.54) is 0 Å². The van der Waals surface area contributed by atoms with Crippen LogP contribution in [0.2, 0.25) is 0 Å². The zero-order valence-electron chi connectivity index (χ0n) is 11.6. The smallest absolute Gasteiger partial charge is 0.339 e. The molecule has 0 aromatic heterocycles. The van der Waals surface area contributed by atoms with Gasteiger partial charge in [0.1, 0.15) is 5.82 Å². The molecular formula is C13H16FNO5S. The Hall–Kier alpha value is -1.51. The Morgan fingerprint density at radius 1 is 1.48 bits per heavy atom. The summed E-state index contributed by atoms with van der Waals surface area (Å²) in [6.45, 7) is 2.19. The molecule has 8 heteroatoms. The fraction of sp³-hybridized carbons (Fsp3) is 0.462. The summed E-state index contributed by atoms with van der Waals surface area (Å²) in [5.41, 5.74) is -0.210. The van der Waals surface area contributed by atoms with Crippen LogP contribution in [-0.4, -0.2) is 40.2 Å². The van der Waals surface area contributed by atoms with E-state index in [0.29, 0.717) is 13.0 Å². The van der Waals surface area contributed by atoms with E-state index in [1.54, 1.807) is 6.92 Å². The minimum absolute atomic E-state index is 0.210. The molecule has 1 aliphatic heterocycles. The Kier molecular flexibility index (Phi) is 4.60. The van der Waals surface area contributed by atoms with Crippen molar-refractivity contribution in [2.75, 3.05) is 13.7 Å². The molecule has 116 valence electrons. The van der Waals surface area contributed by atoms with Gasteiger partial charge >= 0.3 is 5.97 Å². The van der Waals surface area contributed by atoms with Crippen LogP contribution in [0.4, 0.5) is 4.39 Å². The molecule has 1 aliphatic rings. The first-order chi connectivity index (χ1) is 9.85. The maximum Gasteiger partial charge on any atom is 0.339 e. The molecule has 0 radical (unpaired) electrons. The van der Waals surface area contributed by atoms with Gasteiger partial charge in [0.2, 0.25) is 10.0 Å². The lowest BCUT2D eigenvalue weighted by Gasteiger charge is -2.17. The van der Waals surface area contributed by atoms with Crippen molar-refractivity contribution in [2.45, 2.75) is 30.4 Å². The molecule has 2 rings (SSSR count). The van der Waals surface area contributed by atoms with Crippen LogP contribution in [0.25, 0.3) is 0 Å². The van der Waals surface area contributed by atoms with Gasteiger partial charge in [0.15, 0.2) is 0 Å². The number of carbonyl (C=O) groups is 1. The van der Waals surface area contributed by atoms with Crippen LogP contribution in [0, 0.1) is 5.82 Å². The third-order valence-electron chi connectivity index (χ3n) is 3.32. The molecule has 1 heterocycles. The first-order valence-electron chi connectivity index (χ1n) is 6.37. The Bertz CT molecular complexity index is 646. The number of nitrogens with one attached hydrogen (secondary N) is 1. The van der Waals surface area contributed by atoms with Gasteiger partial charge in [-0.25, -0.2) is 22.3 Å². The highest BCUT2D eigenvalue weighted by atomic mass is 32.2. The van der Waals surface area contributed by atoms with Gasteiger partial charge < -0.3 is 9.47 Å². The predicted molar refractivity (Wildman–Crippen MR) is 71.9 cm³/mol. The average Bonchev–Trinajstić information content (AvgIpc) is 2.82. The van der Waals surface area contributed by atoms with E-state index in [0.717, 1.165) is 25.3 Å². The number of hydrogen-bond donors (Lipinski definition) is 1. The number of esters is 1. The van der Waals surface area contributed by atoms with Gasteiger partial charge in [0.25, 0.3) is 0 Å². The number of rotatable bonds is 4. The van der Waals surface area contributed by atoms with Crippen molar-refractivity contribution < 1.29 is 27.1 Å². The van der Waals surface area contributed by atoms with Crippen molar-refractivity contribution in [3.05, 3.63) is 29.6 Å². The van der Waals surface area contributed by atoms with Crippen LogP contribution in [0.5, 0.6) is 0 Å². The molecule has 1 fully saturated rings. The van der Waals surface area contributed by atoms with Crippen LogP contribution >= 0.6 is 0 Å². The zero-order valence-corrected chi connectivity index (χ0v) is 12.4. The first-order valence-corrected chi connectivity index (χ1v) is 7.85. The minimum Gasteiger partial charge on any atom is -0.465 e. The summed E-state index contributed by atoms with van der Waals surface area (Å²) in [6.07, 6.45) is 0.235. The normalized spacial score (nSPS) is 22.2. The SMILES string of the molecule is COC(=O)c1ccc(F)cc1S(=O)(=O)NC1CCOC1C. The molecule has 1 aromatic rings. The van der Waals surface area contributed by atoms with Gasteiger partial charge in [-0.2, -0.15) is 0 Å². The molecule has 6 nitrogen and oxygen atoms in total. The molecule has 1 N–H and O–H groups in total. The zero-order chi connectivity index (χ0) is 15.6. The molecule has 0 saturated carbocycles.